The molecule has 1 unspecified atom stereocenters. The summed E-state index contributed by atoms with van der Waals surface area (Å²) in [6.45, 7) is 1.97. The molecule has 1 heterocycles. The number of carboxylic acids is 1. The van der Waals surface area contributed by atoms with E-state index in [9.17, 15) is 18.0 Å². The Morgan fingerprint density at radius 2 is 1.87 bits per heavy atom. The number of hydrogen-bond acceptors (Lipinski definition) is 4. The van der Waals surface area contributed by atoms with E-state index in [-0.39, 0.29) is 27.8 Å². The Bertz CT molecular complexity index is 1030. The summed E-state index contributed by atoms with van der Waals surface area (Å²) < 4.78 is 40.5. The second-order valence-corrected chi connectivity index (χ2v) is 8.72. The molecule has 9 heteroatoms. The molecule has 0 radical (unpaired) electrons. The number of aromatic carboxylic acids is 1. The van der Waals surface area contributed by atoms with E-state index < -0.39 is 17.7 Å². The number of carbonyl (C=O) groups is 1. The molecule has 0 spiro atoms. The largest absolute Gasteiger partial charge is 0.478 e. The molecule has 2 aromatic carbocycles. The minimum absolute atomic E-state index is 0.0199. The van der Waals surface area contributed by atoms with Crippen LogP contribution in [0.1, 0.15) is 40.4 Å². The lowest BCUT2D eigenvalue weighted by molar-refractivity contribution is -0.138. The maximum atomic E-state index is 13.5. The Morgan fingerprint density at radius 1 is 1.23 bits per heavy atom. The summed E-state index contributed by atoms with van der Waals surface area (Å²) in [5.41, 5.74) is 1.14. The van der Waals surface area contributed by atoms with Gasteiger partial charge in [-0.05, 0) is 48.2 Å². The molecule has 3 N–H and O–H groups in total. The molecular formula is C21H18ClF3N2O2S. The molecule has 3 rings (SSSR count). The van der Waals surface area contributed by atoms with Crippen molar-refractivity contribution < 1.29 is 23.1 Å². The van der Waals surface area contributed by atoms with E-state index in [0.717, 1.165) is 11.6 Å². The van der Waals surface area contributed by atoms with Crippen molar-refractivity contribution in [3.8, 4) is 0 Å². The van der Waals surface area contributed by atoms with Crippen molar-refractivity contribution >= 4 is 35.0 Å². The van der Waals surface area contributed by atoms with Gasteiger partial charge in [-0.3, -0.25) is 0 Å². The highest BCUT2D eigenvalue weighted by atomic mass is 35.5. The Labute approximate surface area is 180 Å². The number of hydrazone groups is 1. The van der Waals surface area contributed by atoms with E-state index in [4.69, 9.17) is 22.6 Å². The lowest BCUT2D eigenvalue weighted by Gasteiger charge is -2.16. The fraction of sp³-hybridized carbons (Fsp3) is 0.238. The SMILES string of the molecule is CC1CC(Cc2c(Cl)cccc2C(F)(F)F)=C(/C(=N\N)c2ccc(C(=O)O)cc2)S1. The predicted octanol–water partition coefficient (Wildman–Crippen LogP) is 5.74. The van der Waals surface area contributed by atoms with Crippen molar-refractivity contribution in [1.82, 2.24) is 0 Å². The van der Waals surface area contributed by atoms with Crippen molar-refractivity contribution in [3.05, 3.63) is 80.2 Å². The van der Waals surface area contributed by atoms with E-state index in [1.165, 1.54) is 36.0 Å². The van der Waals surface area contributed by atoms with Gasteiger partial charge in [-0.25, -0.2) is 4.79 Å². The van der Waals surface area contributed by atoms with Crippen LogP contribution in [0.5, 0.6) is 0 Å². The number of allylic oxidation sites excluding steroid dienone is 2. The van der Waals surface area contributed by atoms with Crippen molar-refractivity contribution in [3.63, 3.8) is 0 Å². The van der Waals surface area contributed by atoms with E-state index in [1.54, 1.807) is 12.1 Å². The molecule has 0 aromatic heterocycles. The number of thioether (sulfide) groups is 1. The second-order valence-electron chi connectivity index (χ2n) is 6.87. The van der Waals surface area contributed by atoms with Crippen LogP contribution in [0.2, 0.25) is 5.02 Å². The third kappa shape index (κ3) is 4.65. The lowest BCUT2D eigenvalue weighted by atomic mass is 9.94. The van der Waals surface area contributed by atoms with Crippen LogP contribution in [-0.2, 0) is 12.6 Å². The maximum absolute atomic E-state index is 13.5. The summed E-state index contributed by atoms with van der Waals surface area (Å²) in [6.07, 6.45) is -3.93. The zero-order chi connectivity index (χ0) is 22.1. The van der Waals surface area contributed by atoms with Crippen LogP contribution < -0.4 is 5.84 Å². The second kappa shape index (κ2) is 8.73. The number of rotatable bonds is 5. The highest BCUT2D eigenvalue weighted by Crippen LogP contribution is 2.43. The maximum Gasteiger partial charge on any atom is 0.416 e. The number of carboxylic acid groups (broad SMARTS) is 1. The Balaban J connectivity index is 2.04. The molecule has 0 saturated heterocycles. The third-order valence-corrected chi connectivity index (χ3v) is 6.38. The number of halogens is 4. The zero-order valence-electron chi connectivity index (χ0n) is 15.8. The highest BCUT2D eigenvalue weighted by molar-refractivity contribution is 8.04. The molecule has 1 aliphatic rings. The first-order chi connectivity index (χ1) is 14.1. The van der Waals surface area contributed by atoms with E-state index in [2.05, 4.69) is 5.10 Å². The molecule has 1 atom stereocenters. The summed E-state index contributed by atoms with van der Waals surface area (Å²) in [4.78, 5) is 11.8. The van der Waals surface area contributed by atoms with Crippen LogP contribution in [0.25, 0.3) is 0 Å². The number of benzene rings is 2. The summed E-state index contributed by atoms with van der Waals surface area (Å²) in [5.74, 6) is 4.57. The Morgan fingerprint density at radius 3 is 2.43 bits per heavy atom. The molecule has 30 heavy (non-hydrogen) atoms. The van der Waals surface area contributed by atoms with Gasteiger partial charge in [-0.15, -0.1) is 11.8 Å². The Hall–Kier alpha value is -2.45. The predicted molar refractivity (Wildman–Crippen MR) is 113 cm³/mol. The Kier molecular flexibility index (Phi) is 6.47. The molecule has 0 amide bonds. The zero-order valence-corrected chi connectivity index (χ0v) is 17.4. The molecule has 0 fully saturated rings. The van der Waals surface area contributed by atoms with Crippen LogP contribution in [0.3, 0.4) is 0 Å². The lowest BCUT2D eigenvalue weighted by Crippen LogP contribution is -2.12. The minimum atomic E-state index is -4.52. The van der Waals surface area contributed by atoms with Gasteiger partial charge < -0.3 is 10.9 Å². The first kappa shape index (κ1) is 22.2. The van der Waals surface area contributed by atoms with Gasteiger partial charge in [0.25, 0.3) is 0 Å². The quantitative estimate of drug-likeness (QED) is 0.343. The van der Waals surface area contributed by atoms with Gasteiger partial charge >= 0.3 is 12.1 Å². The van der Waals surface area contributed by atoms with Gasteiger partial charge in [0.15, 0.2) is 0 Å². The van der Waals surface area contributed by atoms with Gasteiger partial charge in [-0.1, -0.05) is 36.7 Å². The van der Waals surface area contributed by atoms with Gasteiger partial charge in [0, 0.05) is 20.7 Å². The average Bonchev–Trinajstić information content (AvgIpc) is 3.03. The fourth-order valence-electron chi connectivity index (χ4n) is 3.39. The van der Waals surface area contributed by atoms with Gasteiger partial charge in [0.05, 0.1) is 11.1 Å². The number of nitrogens with two attached hydrogens (primary N) is 1. The first-order valence-corrected chi connectivity index (χ1v) is 10.2. The molecule has 1 aliphatic heterocycles. The molecule has 2 aromatic rings. The molecule has 4 nitrogen and oxygen atoms in total. The van der Waals surface area contributed by atoms with Gasteiger partial charge in [0.2, 0.25) is 0 Å². The standard InChI is InChI=1S/C21H18ClF3N2O2S/c1-11-9-14(10-15-16(21(23,24)25)3-2-4-17(15)22)19(30-11)18(27-26)12-5-7-13(8-6-12)20(28)29/h2-8,11H,9-10,26H2,1H3,(H,28,29)/b27-18-. The van der Waals surface area contributed by atoms with Crippen molar-refractivity contribution in [2.75, 3.05) is 0 Å². The number of hydrogen-bond donors (Lipinski definition) is 2. The van der Waals surface area contributed by atoms with E-state index >= 15 is 0 Å². The molecule has 158 valence electrons. The summed E-state index contributed by atoms with van der Waals surface area (Å²) in [5, 5.41) is 13.1. The summed E-state index contributed by atoms with van der Waals surface area (Å²) in [7, 11) is 0. The van der Waals surface area contributed by atoms with Crippen molar-refractivity contribution in [2.24, 2.45) is 10.9 Å². The topological polar surface area (TPSA) is 75.7 Å². The first-order valence-electron chi connectivity index (χ1n) is 8.97. The van der Waals surface area contributed by atoms with Gasteiger partial charge in [0.1, 0.15) is 5.71 Å². The van der Waals surface area contributed by atoms with Crippen LogP contribution in [0.4, 0.5) is 13.2 Å². The van der Waals surface area contributed by atoms with E-state index in [1.807, 2.05) is 6.92 Å². The summed E-state index contributed by atoms with van der Waals surface area (Å²) in [6, 6.07) is 9.78. The number of nitrogens with zero attached hydrogens (tertiary/aromatic N) is 1. The molecule has 0 saturated carbocycles. The van der Waals surface area contributed by atoms with Gasteiger partial charge in [-0.2, -0.15) is 18.3 Å². The van der Waals surface area contributed by atoms with E-state index in [0.29, 0.717) is 22.6 Å². The molecular weight excluding hydrogens is 437 g/mol. The summed E-state index contributed by atoms with van der Waals surface area (Å²) >= 11 is 7.61. The fourth-order valence-corrected chi connectivity index (χ4v) is 4.93. The molecule has 0 bridgehead atoms. The van der Waals surface area contributed by atoms with Crippen LogP contribution >= 0.6 is 23.4 Å². The van der Waals surface area contributed by atoms with Crippen molar-refractivity contribution in [2.45, 2.75) is 31.2 Å². The smallest absolute Gasteiger partial charge is 0.416 e. The monoisotopic (exact) mass is 454 g/mol. The minimum Gasteiger partial charge on any atom is -0.478 e. The average molecular weight is 455 g/mol. The van der Waals surface area contributed by atoms with Crippen LogP contribution in [-0.4, -0.2) is 22.0 Å². The molecule has 0 aliphatic carbocycles. The highest BCUT2D eigenvalue weighted by Gasteiger charge is 2.35. The number of alkyl halides is 3. The van der Waals surface area contributed by atoms with Crippen molar-refractivity contribution in [1.29, 1.82) is 0 Å². The van der Waals surface area contributed by atoms with Crippen LogP contribution in [0.15, 0.2) is 58.0 Å². The normalized spacial score (nSPS) is 17.5. The third-order valence-electron chi connectivity index (χ3n) is 4.74. The van der Waals surface area contributed by atoms with Crippen LogP contribution in [0, 0.1) is 0 Å².